The summed E-state index contributed by atoms with van der Waals surface area (Å²) in [7, 11) is 6.56. The van der Waals surface area contributed by atoms with Crippen LogP contribution in [0, 0.1) is 38.5 Å². The quantitative estimate of drug-likeness (QED) is 0.0452. The zero-order valence-electron chi connectivity index (χ0n) is 54.7. The number of nitrogens with zero attached hydrogens (tertiary/aromatic N) is 12. The maximum atomic E-state index is 13.3. The zero-order chi connectivity index (χ0) is 65.5. The minimum atomic E-state index is -2.60. The number of hydrogen-bond donors (Lipinski definition) is 4. The summed E-state index contributed by atoms with van der Waals surface area (Å²) in [4.78, 5) is 26.9. The number of likely N-dealkylation sites (tertiary alicyclic amines) is 2. The van der Waals surface area contributed by atoms with E-state index in [1.807, 2.05) is 106 Å². The fourth-order valence-electron chi connectivity index (χ4n) is 13.5. The number of nitrogens with two attached hydrogens (primary N) is 1. The Labute approximate surface area is 550 Å². The van der Waals surface area contributed by atoms with Crippen molar-refractivity contribution in [3.05, 3.63) is 123 Å². The van der Waals surface area contributed by atoms with Crippen LogP contribution in [0.5, 0.6) is 11.5 Å². The summed E-state index contributed by atoms with van der Waals surface area (Å²) >= 11 is 18.4. The first-order chi connectivity index (χ1) is 43.0. The van der Waals surface area contributed by atoms with Crippen molar-refractivity contribution in [1.82, 2.24) is 49.3 Å². The average molecular weight is 1330 g/mol. The summed E-state index contributed by atoms with van der Waals surface area (Å²) in [5, 5.41) is 21.0. The molecule has 12 rings (SSSR count). The van der Waals surface area contributed by atoms with Crippen LogP contribution in [0.2, 0.25) is 15.3 Å². The Morgan fingerprint density at radius 2 is 0.978 bits per heavy atom. The predicted octanol–water partition coefficient (Wildman–Crippen LogP) is 13.0. The van der Waals surface area contributed by atoms with Crippen molar-refractivity contribution in [2.45, 2.75) is 53.4 Å². The van der Waals surface area contributed by atoms with E-state index in [1.165, 1.54) is 63.7 Å². The smallest absolute Gasteiger partial charge is 0.229 e. The summed E-state index contributed by atoms with van der Waals surface area (Å²) in [6.45, 7) is 24.0. The molecule has 2 spiro atoms. The Bertz CT molecular complexity index is 4080. The van der Waals surface area contributed by atoms with Crippen molar-refractivity contribution in [3.8, 4) is 33.8 Å². The van der Waals surface area contributed by atoms with Crippen LogP contribution < -0.4 is 51.6 Å². The van der Waals surface area contributed by atoms with E-state index in [-0.39, 0.29) is 5.28 Å². The normalized spacial score (nSPS) is 16.3. The number of rotatable bonds is 14. The van der Waals surface area contributed by atoms with Gasteiger partial charge in [-0.2, -0.15) is 20.2 Å². The first-order valence-electron chi connectivity index (χ1n) is 30.4. The molecule has 5 N–H and O–H groups in total. The Hall–Kier alpha value is -6.89. The highest BCUT2D eigenvalue weighted by molar-refractivity contribution is 7.71. The molecular weight excluding hydrogens is 1250 g/mol. The van der Waals surface area contributed by atoms with Gasteiger partial charge in [0.15, 0.2) is 11.6 Å². The number of nitrogen functional groups attached to an aromatic ring is 1. The molecule has 0 bridgehead atoms. The molecule has 8 aromatic rings. The van der Waals surface area contributed by atoms with Crippen LogP contribution in [-0.4, -0.2) is 157 Å². The highest BCUT2D eigenvalue weighted by atomic mass is 35.5. The van der Waals surface area contributed by atoms with Crippen LogP contribution in [-0.2, 0) is 23.2 Å². The zero-order valence-corrected chi connectivity index (χ0v) is 58.7. The lowest BCUT2D eigenvalue weighted by molar-refractivity contribution is 0.00127. The standard InChI is InChI=1S/C33H42ClN8O2P.C19H27N5O.C14H16Cl2N3OP/c1-21-8-9-26(30(22(21)2)45(6,7)43)37-31-25(34)17-35-32(39-31)38-27-14-24(23-16-36-41(4)18-23)28(15-29(27)44-5)42-12-10-33(11-13-42)19-40(3)20-33;1-22-12-19(13-22)4-6-24(7-5-19)17-9-18(25-3)16(20)8-15(17)14-10-21-23(2)11-14;1-8-5-6-11(12(9(8)2)21(3,4)20)18-13-10(15)7-17-14(16)19-13/h8-9,14-18H,10-13,19-20H2,1-7H3,(H2,35,37,38,39);8-11H,4-7,12-13,20H2,1-3H3;5-7H,1-4H3,(H,17,18,19). The summed E-state index contributed by atoms with van der Waals surface area (Å²) in [5.74, 6) is 2.59. The van der Waals surface area contributed by atoms with Gasteiger partial charge in [-0.05, 0) is 163 Å². The van der Waals surface area contributed by atoms with E-state index in [1.54, 1.807) is 47.1 Å². The average Bonchev–Trinajstić information content (AvgIpc) is 1.44. The minimum Gasteiger partial charge on any atom is -0.495 e. The van der Waals surface area contributed by atoms with Gasteiger partial charge in [0.2, 0.25) is 11.2 Å². The molecule has 20 nitrogen and oxygen atoms in total. The topological polar surface area (TPSA) is 215 Å². The molecule has 0 saturated carbocycles. The van der Waals surface area contributed by atoms with E-state index in [0.717, 1.165) is 110 Å². The van der Waals surface area contributed by atoms with Crippen molar-refractivity contribution in [2.75, 3.05) is 139 Å². The van der Waals surface area contributed by atoms with E-state index in [4.69, 9.17) is 55.0 Å². The number of benzene rings is 4. The van der Waals surface area contributed by atoms with E-state index < -0.39 is 14.3 Å². The van der Waals surface area contributed by atoms with Gasteiger partial charge in [0, 0.05) is 135 Å². The van der Waals surface area contributed by atoms with Crippen LogP contribution in [0.25, 0.3) is 22.3 Å². The second-order valence-electron chi connectivity index (χ2n) is 25.9. The fourth-order valence-corrected chi connectivity index (χ4v) is 17.3. The summed E-state index contributed by atoms with van der Waals surface area (Å²) < 4.78 is 40.9. The lowest BCUT2D eigenvalue weighted by Crippen LogP contribution is -2.58. The molecule has 25 heteroatoms. The molecule has 4 aliphatic heterocycles. The number of ether oxygens (including phenoxy) is 2. The molecule has 0 atom stereocenters. The largest absolute Gasteiger partial charge is 0.495 e. The molecule has 4 aromatic carbocycles. The maximum Gasteiger partial charge on any atom is 0.229 e. The summed E-state index contributed by atoms with van der Waals surface area (Å²) in [6.07, 6.45) is 15.7. The number of aromatic nitrogens is 8. The predicted molar refractivity (Wildman–Crippen MR) is 377 cm³/mol. The maximum absolute atomic E-state index is 13.3. The van der Waals surface area contributed by atoms with Crippen molar-refractivity contribution in [1.29, 1.82) is 0 Å². The van der Waals surface area contributed by atoms with Gasteiger partial charge >= 0.3 is 0 Å². The highest BCUT2D eigenvalue weighted by Crippen LogP contribution is 2.48. The molecule has 4 saturated heterocycles. The number of aryl methyl sites for hydroxylation is 4. The first-order valence-corrected chi connectivity index (χ1v) is 36.8. The Morgan fingerprint density at radius 3 is 1.40 bits per heavy atom. The number of halogens is 3. The number of nitrogens with one attached hydrogen (secondary N) is 3. The van der Waals surface area contributed by atoms with Crippen molar-refractivity contribution in [3.63, 3.8) is 0 Å². The molecule has 484 valence electrons. The van der Waals surface area contributed by atoms with Crippen molar-refractivity contribution in [2.24, 2.45) is 24.9 Å². The molecular formula is C66H85Cl3N16O4P2. The first kappa shape index (κ1) is 67.0. The monoisotopic (exact) mass is 1330 g/mol. The molecule has 91 heavy (non-hydrogen) atoms. The lowest BCUT2D eigenvalue weighted by atomic mass is 9.72. The summed E-state index contributed by atoms with van der Waals surface area (Å²) in [6, 6.07) is 16.1. The second-order valence-corrected chi connectivity index (χ2v) is 33.4. The lowest BCUT2D eigenvalue weighted by Gasteiger charge is -2.53. The number of methoxy groups -OCH3 is 2. The molecule has 4 aliphatic rings. The van der Waals surface area contributed by atoms with Gasteiger partial charge in [0.25, 0.3) is 0 Å². The van der Waals surface area contributed by atoms with Crippen molar-refractivity contribution < 1.29 is 18.6 Å². The van der Waals surface area contributed by atoms with Crippen LogP contribution in [0.1, 0.15) is 47.9 Å². The molecule has 0 aliphatic carbocycles. The molecule has 4 fully saturated rings. The minimum absolute atomic E-state index is 0.100. The number of hydrogen-bond acceptors (Lipinski definition) is 18. The molecule has 4 aromatic heterocycles. The van der Waals surface area contributed by atoms with E-state index >= 15 is 0 Å². The van der Waals surface area contributed by atoms with Crippen molar-refractivity contribution >= 4 is 111 Å². The molecule has 0 radical (unpaired) electrons. The van der Waals surface area contributed by atoms with Gasteiger partial charge < -0.3 is 59.9 Å². The van der Waals surface area contributed by atoms with Gasteiger partial charge in [-0.3, -0.25) is 9.36 Å². The Morgan fingerprint density at radius 1 is 0.549 bits per heavy atom. The van der Waals surface area contributed by atoms with Crippen LogP contribution in [0.15, 0.2) is 85.7 Å². The van der Waals surface area contributed by atoms with Gasteiger partial charge in [0.1, 0.15) is 35.8 Å². The van der Waals surface area contributed by atoms with Gasteiger partial charge in [0.05, 0.1) is 61.8 Å². The molecule has 8 heterocycles. The van der Waals surface area contributed by atoms with Gasteiger partial charge in [-0.1, -0.05) is 35.3 Å². The number of anilines is 9. The van der Waals surface area contributed by atoms with E-state index in [9.17, 15) is 9.13 Å². The Balaban J connectivity index is 0.000000166. The summed E-state index contributed by atoms with van der Waals surface area (Å²) in [5.41, 5.74) is 20.8. The van der Waals surface area contributed by atoms with Crippen LogP contribution >= 0.6 is 49.1 Å². The third kappa shape index (κ3) is 15.0. The van der Waals surface area contributed by atoms with Crippen LogP contribution in [0.3, 0.4) is 0 Å². The number of piperidine rings is 2. The molecule has 0 amide bonds. The fraction of sp³-hybridized carbons (Fsp3) is 0.424. The van der Waals surface area contributed by atoms with Gasteiger partial charge in [-0.25, -0.2) is 9.97 Å². The highest BCUT2D eigenvalue weighted by Gasteiger charge is 2.45. The van der Waals surface area contributed by atoms with E-state index in [0.29, 0.717) is 49.9 Å². The third-order valence-electron chi connectivity index (χ3n) is 18.1. The SMILES string of the molecule is COc1cc(N2CCC3(CC2)CN(C)C3)c(-c2cnn(C)c2)cc1N.COc1cc(N2CCC3(CC2)CN(C)C3)c(-c2cnn(C)c2)cc1Nc1ncc(Cl)c(Nc2ccc(C)c(C)c2P(C)(C)=O)n1.Cc1ccc(Nc2nc(Cl)ncc2Cl)c(P(C)(C)=O)c1C. The second kappa shape index (κ2) is 27.0. The van der Waals surface area contributed by atoms with Gasteiger partial charge in [-0.15, -0.1) is 0 Å². The third-order valence-corrected chi connectivity index (χ3v) is 22.2. The van der Waals surface area contributed by atoms with Crippen LogP contribution in [0.4, 0.5) is 51.7 Å². The Kier molecular flexibility index (Phi) is 19.9. The molecule has 0 unspecified atom stereocenters. The van der Waals surface area contributed by atoms with E-state index in [2.05, 4.69) is 93.0 Å².